The SMILES string of the molecule is C[N+](C)(C)CCC[n+]1cccc(CC(=O)N[NH3+])c1.O=C([O-])C(F)(F)F.O=C([O-])C(F)(F)F.O=C([O-])C(F)(F)F. The number of rotatable bonds is 6. The van der Waals surface area contributed by atoms with E-state index in [9.17, 15) is 44.3 Å². The Kier molecular flexibility index (Phi) is 17.4. The highest BCUT2D eigenvalue weighted by molar-refractivity contribution is 5.76. The van der Waals surface area contributed by atoms with Crippen LogP contribution in [0, 0.1) is 0 Å². The van der Waals surface area contributed by atoms with E-state index in [0.717, 1.165) is 29.6 Å². The lowest BCUT2D eigenvalue weighted by molar-refractivity contribution is -0.873. The van der Waals surface area contributed by atoms with Gasteiger partial charge in [0.1, 0.15) is 17.9 Å². The van der Waals surface area contributed by atoms with E-state index in [1.165, 1.54) is 0 Å². The number of carboxylic acids is 3. The lowest BCUT2D eigenvalue weighted by atomic mass is 10.2. The summed E-state index contributed by atoms with van der Waals surface area (Å²) in [6.45, 7) is 2.12. The van der Waals surface area contributed by atoms with Crippen LogP contribution in [0.1, 0.15) is 12.0 Å². The average Bonchev–Trinajstić information content (AvgIpc) is 2.72. The van der Waals surface area contributed by atoms with Gasteiger partial charge in [-0.2, -0.15) is 39.5 Å². The number of aryl methyl sites for hydroxylation is 1. The minimum Gasteiger partial charge on any atom is -0.542 e. The van der Waals surface area contributed by atoms with Gasteiger partial charge in [0.05, 0.1) is 40.5 Å². The molecule has 0 aliphatic carbocycles. The molecule has 0 atom stereocenters. The summed E-state index contributed by atoms with van der Waals surface area (Å²) in [5.74, 6) is -5.70. The highest BCUT2D eigenvalue weighted by Crippen LogP contribution is 2.12. The van der Waals surface area contributed by atoms with Crippen molar-refractivity contribution in [2.24, 2.45) is 0 Å². The number of nitrogens with zero attached hydrogens (tertiary/aromatic N) is 2. The molecular formula is C19H25F9N4O7. The molecular weight excluding hydrogens is 567 g/mol. The van der Waals surface area contributed by atoms with Crippen LogP contribution in [0.2, 0.25) is 0 Å². The maximum atomic E-state index is 11.3. The Morgan fingerprint density at radius 3 is 1.49 bits per heavy atom. The zero-order chi connectivity index (χ0) is 31.8. The number of pyridine rings is 1. The fourth-order valence-electron chi connectivity index (χ4n) is 1.80. The van der Waals surface area contributed by atoms with Crippen LogP contribution in [-0.2, 0) is 32.1 Å². The van der Waals surface area contributed by atoms with Gasteiger partial charge < -0.3 is 34.2 Å². The van der Waals surface area contributed by atoms with Gasteiger partial charge in [0.25, 0.3) is 5.91 Å². The van der Waals surface area contributed by atoms with Crippen molar-refractivity contribution in [1.82, 2.24) is 5.43 Å². The van der Waals surface area contributed by atoms with Crippen molar-refractivity contribution < 1.29 is 88.9 Å². The zero-order valence-corrected chi connectivity index (χ0v) is 20.5. The number of hydrogen-bond donors (Lipinski definition) is 2. The van der Waals surface area contributed by atoms with Crippen molar-refractivity contribution in [2.45, 2.75) is 37.9 Å². The van der Waals surface area contributed by atoms with E-state index in [1.807, 2.05) is 24.5 Å². The largest absolute Gasteiger partial charge is 0.542 e. The average molecular weight is 592 g/mol. The second-order valence-corrected chi connectivity index (χ2v) is 7.95. The first-order valence-electron chi connectivity index (χ1n) is 9.92. The number of carbonyl (C=O) groups is 4. The molecule has 11 nitrogen and oxygen atoms in total. The van der Waals surface area contributed by atoms with E-state index >= 15 is 0 Å². The molecule has 39 heavy (non-hydrogen) atoms. The number of carbonyl (C=O) groups excluding carboxylic acids is 4. The Balaban J connectivity index is -0.000000511. The minimum absolute atomic E-state index is 0.0564. The van der Waals surface area contributed by atoms with Crippen LogP contribution in [0.5, 0.6) is 0 Å². The summed E-state index contributed by atoms with van der Waals surface area (Å²) in [5, 5.41) is 26.4. The minimum atomic E-state index is -5.19. The molecule has 0 saturated heterocycles. The number of aliphatic carboxylic acids is 3. The molecule has 0 radical (unpaired) electrons. The van der Waals surface area contributed by atoms with Gasteiger partial charge in [-0.05, 0) is 6.07 Å². The maximum Gasteiger partial charge on any atom is 0.430 e. The van der Waals surface area contributed by atoms with Gasteiger partial charge >= 0.3 is 18.5 Å². The summed E-state index contributed by atoms with van der Waals surface area (Å²) < 4.78 is 97.8. The molecule has 1 aromatic rings. The fraction of sp³-hybridized carbons (Fsp3) is 0.526. The molecule has 0 aliphatic rings. The van der Waals surface area contributed by atoms with Gasteiger partial charge in [-0.15, -0.1) is 0 Å². The van der Waals surface area contributed by atoms with Crippen LogP contribution in [0.3, 0.4) is 0 Å². The third-order valence-electron chi connectivity index (χ3n) is 3.42. The molecule has 1 amide bonds. The van der Waals surface area contributed by atoms with Gasteiger partial charge in [-0.25, -0.2) is 9.99 Å². The third kappa shape index (κ3) is 25.7. The molecule has 4 N–H and O–H groups in total. The van der Waals surface area contributed by atoms with Crippen LogP contribution >= 0.6 is 0 Å². The van der Waals surface area contributed by atoms with E-state index in [1.54, 1.807) is 0 Å². The maximum absolute atomic E-state index is 11.3. The fourth-order valence-corrected chi connectivity index (χ4v) is 1.80. The first kappa shape index (κ1) is 39.8. The predicted octanol–water partition coefficient (Wildman–Crippen LogP) is -3.22. The number of alkyl halides is 9. The van der Waals surface area contributed by atoms with Crippen molar-refractivity contribution in [3.8, 4) is 0 Å². The number of amides is 1. The van der Waals surface area contributed by atoms with Crippen LogP contribution in [0.25, 0.3) is 0 Å². The molecule has 0 unspecified atom stereocenters. The summed E-state index contributed by atoms with van der Waals surface area (Å²) in [6.07, 6.45) is -10.00. The molecule has 0 bridgehead atoms. The number of quaternary nitrogens is 2. The lowest BCUT2D eigenvalue weighted by Crippen LogP contribution is -2.67. The second kappa shape index (κ2) is 17.0. The standard InChI is InChI=1S/C13H23N4O.3C2HF3O2/c1-17(2,3)9-5-8-16-7-4-6-12(11-16)10-13(18)15-14;3*3-2(4,5)1(6)7/h4,6-7,11H,5,8-10,14H2,1-3H3;3*(H,6,7)/q+1;;;/p-1. The van der Waals surface area contributed by atoms with Gasteiger partial charge in [0, 0.05) is 11.6 Å². The lowest BCUT2D eigenvalue weighted by Gasteiger charge is -2.22. The van der Waals surface area contributed by atoms with Crippen LogP contribution < -0.4 is 31.2 Å². The molecule has 0 fully saturated rings. The van der Waals surface area contributed by atoms with Gasteiger partial charge in [-0.3, -0.25) is 10.6 Å². The summed E-state index contributed by atoms with van der Waals surface area (Å²) >= 11 is 0. The first-order valence-corrected chi connectivity index (χ1v) is 9.92. The molecule has 0 aliphatic heterocycles. The highest BCUT2D eigenvalue weighted by atomic mass is 19.4. The molecule has 0 saturated carbocycles. The normalized spacial score (nSPS) is 11.3. The van der Waals surface area contributed by atoms with E-state index in [4.69, 9.17) is 29.7 Å². The molecule has 1 rings (SSSR count). The van der Waals surface area contributed by atoms with Crippen molar-refractivity contribution in [2.75, 3.05) is 27.7 Å². The molecule has 20 heteroatoms. The first-order chi connectivity index (χ1) is 17.2. The second-order valence-electron chi connectivity index (χ2n) is 7.95. The third-order valence-corrected chi connectivity index (χ3v) is 3.42. The van der Waals surface area contributed by atoms with E-state index in [-0.39, 0.29) is 5.91 Å². The van der Waals surface area contributed by atoms with Gasteiger partial charge in [0.2, 0.25) is 0 Å². The van der Waals surface area contributed by atoms with Crippen molar-refractivity contribution in [3.05, 3.63) is 30.1 Å². The summed E-state index contributed by atoms with van der Waals surface area (Å²) in [6, 6.07) is 3.95. The molecule has 1 heterocycles. The number of hydrogen-bond acceptors (Lipinski definition) is 7. The number of carboxylic acid groups (broad SMARTS) is 3. The highest BCUT2D eigenvalue weighted by Gasteiger charge is 2.30. The molecule has 0 aromatic carbocycles. The van der Waals surface area contributed by atoms with Crippen LogP contribution in [0.4, 0.5) is 39.5 Å². The topological polar surface area (TPSA) is 181 Å². The number of halogens is 9. The predicted molar refractivity (Wildman–Crippen MR) is 102 cm³/mol. The number of aromatic nitrogens is 1. The summed E-state index contributed by atoms with van der Waals surface area (Å²) in [4.78, 5) is 37.6. The smallest absolute Gasteiger partial charge is 0.430 e. The van der Waals surface area contributed by atoms with Crippen molar-refractivity contribution >= 4 is 23.8 Å². The van der Waals surface area contributed by atoms with Gasteiger partial charge in [0.15, 0.2) is 18.9 Å². The quantitative estimate of drug-likeness (QED) is 0.151. The van der Waals surface area contributed by atoms with Crippen molar-refractivity contribution in [1.29, 1.82) is 0 Å². The Labute approximate surface area is 214 Å². The Hall–Kier alpha value is -3.68. The van der Waals surface area contributed by atoms with Crippen LogP contribution in [0.15, 0.2) is 24.5 Å². The molecule has 1 aromatic heterocycles. The number of nitrogens with one attached hydrogen (secondary N) is 1. The van der Waals surface area contributed by atoms with E-state index < -0.39 is 36.4 Å². The Bertz CT molecular complexity index is 873. The molecule has 226 valence electrons. The zero-order valence-electron chi connectivity index (χ0n) is 20.5. The Morgan fingerprint density at radius 1 is 0.846 bits per heavy atom. The van der Waals surface area contributed by atoms with Crippen LogP contribution in [-0.4, -0.2) is 74.5 Å². The van der Waals surface area contributed by atoms with Gasteiger partial charge in [-0.1, -0.05) is 0 Å². The van der Waals surface area contributed by atoms with Crippen molar-refractivity contribution in [3.63, 3.8) is 0 Å². The Morgan fingerprint density at radius 2 is 1.21 bits per heavy atom. The van der Waals surface area contributed by atoms with E-state index in [0.29, 0.717) is 6.42 Å². The molecule has 0 spiro atoms. The summed E-state index contributed by atoms with van der Waals surface area (Å²) in [7, 11) is 6.58. The summed E-state index contributed by atoms with van der Waals surface area (Å²) in [5.41, 5.74) is 3.41. The monoisotopic (exact) mass is 592 g/mol. The van der Waals surface area contributed by atoms with E-state index in [2.05, 4.69) is 37.0 Å².